The minimum absolute atomic E-state index is 0.0340. The van der Waals surface area contributed by atoms with Gasteiger partial charge in [0.1, 0.15) is 11.5 Å². The molecule has 2 aliphatic heterocycles. The number of carbonyl (C=O) groups is 1. The molecule has 218 valence electrons. The first-order valence-corrected chi connectivity index (χ1v) is 14.6. The van der Waals surface area contributed by atoms with Gasteiger partial charge in [-0.2, -0.15) is 0 Å². The zero-order valence-corrected chi connectivity index (χ0v) is 25.2. The minimum atomic E-state index is -0.342. The second-order valence-electron chi connectivity index (χ2n) is 14.0. The van der Waals surface area contributed by atoms with Crippen molar-refractivity contribution in [1.82, 2.24) is 4.90 Å². The van der Waals surface area contributed by atoms with Gasteiger partial charge in [0.15, 0.2) is 0 Å². The van der Waals surface area contributed by atoms with Gasteiger partial charge in [0.2, 0.25) is 0 Å². The first-order valence-electron chi connectivity index (χ1n) is 14.6. The Hall–Kier alpha value is -3.71. The van der Waals surface area contributed by atoms with Gasteiger partial charge in [0, 0.05) is 29.8 Å². The van der Waals surface area contributed by atoms with E-state index in [2.05, 4.69) is 62.0 Å². The maximum absolute atomic E-state index is 13.1. The van der Waals surface area contributed by atoms with Crippen molar-refractivity contribution in [2.75, 3.05) is 41.7 Å². The number of rotatable bonds is 4. The molecule has 1 spiro atoms. The fraction of sp³-hybridized carbons (Fsp3) is 0.441. The van der Waals surface area contributed by atoms with Crippen molar-refractivity contribution >= 4 is 28.8 Å². The molecule has 0 bridgehead atoms. The topological polar surface area (TPSA) is 88.1 Å². The number of piperidine rings is 1. The van der Waals surface area contributed by atoms with Crippen LogP contribution in [0.1, 0.15) is 65.5 Å². The number of para-hydroxylation sites is 2. The van der Waals surface area contributed by atoms with Crippen LogP contribution in [0.5, 0.6) is 11.5 Å². The third kappa shape index (κ3) is 6.01. The van der Waals surface area contributed by atoms with Gasteiger partial charge in [-0.05, 0) is 78.7 Å². The van der Waals surface area contributed by atoms with Crippen LogP contribution in [0, 0.1) is 5.41 Å². The van der Waals surface area contributed by atoms with Gasteiger partial charge in [-0.15, -0.1) is 0 Å². The number of carbonyl (C=O) groups excluding carboxylic acids is 1. The second-order valence-corrected chi connectivity index (χ2v) is 14.0. The van der Waals surface area contributed by atoms with Gasteiger partial charge in [-0.25, -0.2) is 4.79 Å². The van der Waals surface area contributed by atoms with E-state index in [9.17, 15) is 15.0 Å². The molecule has 0 saturated carbocycles. The number of anilines is 4. The first-order chi connectivity index (χ1) is 19.3. The van der Waals surface area contributed by atoms with Crippen LogP contribution in [-0.2, 0) is 10.8 Å². The van der Waals surface area contributed by atoms with Gasteiger partial charge in [0.25, 0.3) is 0 Å². The molecular formula is C34H44N4O3. The minimum Gasteiger partial charge on any atom is -0.508 e. The molecule has 3 aromatic rings. The molecule has 0 radical (unpaired) electrons. The average Bonchev–Trinajstić information content (AvgIpc) is 3.23. The highest BCUT2D eigenvalue weighted by atomic mass is 16.3. The normalized spacial score (nSPS) is 17.0. The molecule has 5 rings (SSSR count). The van der Waals surface area contributed by atoms with Crippen molar-refractivity contribution in [2.24, 2.45) is 5.41 Å². The molecule has 0 atom stereocenters. The van der Waals surface area contributed by atoms with Crippen LogP contribution in [0.25, 0.3) is 0 Å². The number of urea groups is 1. The van der Waals surface area contributed by atoms with Crippen molar-refractivity contribution in [3.05, 3.63) is 71.8 Å². The van der Waals surface area contributed by atoms with Crippen molar-refractivity contribution in [2.45, 2.75) is 65.2 Å². The molecule has 1 saturated heterocycles. The van der Waals surface area contributed by atoms with Crippen molar-refractivity contribution in [1.29, 1.82) is 0 Å². The number of fused-ring (bicyclic) bond motifs is 2. The van der Waals surface area contributed by atoms with E-state index in [0.29, 0.717) is 23.6 Å². The average molecular weight is 557 g/mol. The molecule has 4 N–H and O–H groups in total. The van der Waals surface area contributed by atoms with Gasteiger partial charge in [-0.1, -0.05) is 65.8 Å². The summed E-state index contributed by atoms with van der Waals surface area (Å²) in [4.78, 5) is 17.7. The summed E-state index contributed by atoms with van der Waals surface area (Å²) in [5.74, 6) is 0.344. The first kappa shape index (κ1) is 28.8. The molecule has 0 aromatic heterocycles. The van der Waals surface area contributed by atoms with E-state index in [0.717, 1.165) is 43.7 Å². The molecule has 7 nitrogen and oxygen atoms in total. The molecule has 0 aliphatic carbocycles. The zero-order valence-electron chi connectivity index (χ0n) is 25.2. The number of hydrogen-bond donors (Lipinski definition) is 4. The zero-order chi connectivity index (χ0) is 29.6. The molecule has 2 heterocycles. The Bertz CT molecular complexity index is 1410. The summed E-state index contributed by atoms with van der Waals surface area (Å²) in [7, 11) is 0. The number of nitrogens with one attached hydrogen (secondary N) is 2. The summed E-state index contributed by atoms with van der Waals surface area (Å²) in [6.45, 7) is 16.7. The molecule has 7 heteroatoms. The Balaban J connectivity index is 1.40. The molecule has 3 aromatic carbocycles. The van der Waals surface area contributed by atoms with E-state index >= 15 is 0 Å². The lowest BCUT2D eigenvalue weighted by molar-refractivity contribution is 0.124. The van der Waals surface area contributed by atoms with Crippen molar-refractivity contribution in [3.8, 4) is 11.5 Å². The fourth-order valence-electron chi connectivity index (χ4n) is 6.40. The maximum atomic E-state index is 13.1. The van der Waals surface area contributed by atoms with Gasteiger partial charge >= 0.3 is 6.03 Å². The number of likely N-dealkylation sites (tertiary alicyclic amines) is 1. The lowest BCUT2D eigenvalue weighted by atomic mass is 9.73. The Labute approximate surface area is 244 Å². The molecule has 0 unspecified atom stereocenters. The summed E-state index contributed by atoms with van der Waals surface area (Å²) in [6, 6.07) is 18.4. The van der Waals surface area contributed by atoms with Crippen LogP contribution in [0.2, 0.25) is 0 Å². The number of aromatic hydroxyl groups is 2. The molecule has 41 heavy (non-hydrogen) atoms. The Morgan fingerprint density at radius 3 is 2.12 bits per heavy atom. The van der Waals surface area contributed by atoms with E-state index in [1.165, 1.54) is 5.56 Å². The monoisotopic (exact) mass is 556 g/mol. The van der Waals surface area contributed by atoms with E-state index in [-0.39, 0.29) is 33.8 Å². The fourth-order valence-corrected chi connectivity index (χ4v) is 6.40. The Kier molecular flexibility index (Phi) is 7.45. The van der Waals surface area contributed by atoms with Crippen molar-refractivity contribution < 1.29 is 15.0 Å². The predicted octanol–water partition coefficient (Wildman–Crippen LogP) is 7.57. The summed E-state index contributed by atoms with van der Waals surface area (Å²) < 4.78 is 0. The highest BCUT2D eigenvalue weighted by Crippen LogP contribution is 2.57. The molecule has 1 fully saturated rings. The highest BCUT2D eigenvalue weighted by Gasteiger charge is 2.48. The largest absolute Gasteiger partial charge is 0.508 e. The number of nitrogens with zero attached hydrogens (tertiary/aromatic N) is 2. The third-order valence-electron chi connectivity index (χ3n) is 8.36. The van der Waals surface area contributed by atoms with Crippen LogP contribution < -0.4 is 15.5 Å². The van der Waals surface area contributed by atoms with E-state index in [1.54, 1.807) is 12.1 Å². The standard InChI is InChI=1S/C34H44N4O3/c1-32(2,3)21-37-19-17-34(18-20-37)22-38(30-28(40)16-15-27(39)29(30)34)26-10-8-7-9-25(26)36-31(41)35-24-13-11-23(12-14-24)33(4,5)6/h7-16,39-40H,17-22H2,1-6H3,(H2,35,36,41). The van der Waals surface area contributed by atoms with Crippen LogP contribution in [0.4, 0.5) is 27.5 Å². The molecular weight excluding hydrogens is 512 g/mol. The third-order valence-corrected chi connectivity index (χ3v) is 8.36. The van der Waals surface area contributed by atoms with Gasteiger partial charge in [-0.3, -0.25) is 0 Å². The molecule has 2 aliphatic rings. The summed E-state index contributed by atoms with van der Waals surface area (Å²) in [6.07, 6.45) is 1.76. The Morgan fingerprint density at radius 2 is 1.49 bits per heavy atom. The van der Waals surface area contributed by atoms with Crippen LogP contribution >= 0.6 is 0 Å². The van der Waals surface area contributed by atoms with Crippen LogP contribution in [0.3, 0.4) is 0 Å². The van der Waals surface area contributed by atoms with E-state index in [1.807, 2.05) is 48.5 Å². The summed E-state index contributed by atoms with van der Waals surface area (Å²) >= 11 is 0. The lowest BCUT2D eigenvalue weighted by Crippen LogP contribution is -2.46. The van der Waals surface area contributed by atoms with E-state index in [4.69, 9.17) is 0 Å². The Morgan fingerprint density at radius 1 is 0.854 bits per heavy atom. The van der Waals surface area contributed by atoms with Crippen LogP contribution in [0.15, 0.2) is 60.7 Å². The number of benzene rings is 3. The summed E-state index contributed by atoms with van der Waals surface area (Å²) in [5, 5.41) is 28.2. The number of hydrogen-bond acceptors (Lipinski definition) is 5. The van der Waals surface area contributed by atoms with Crippen LogP contribution in [-0.4, -0.2) is 47.3 Å². The van der Waals surface area contributed by atoms with Gasteiger partial charge < -0.3 is 30.6 Å². The lowest BCUT2D eigenvalue weighted by Gasteiger charge is -2.42. The SMILES string of the molecule is CC(C)(C)CN1CCC2(CC1)CN(c1ccccc1NC(=O)Nc1ccc(C(C)(C)C)cc1)c1c(O)ccc(O)c12. The second kappa shape index (κ2) is 10.6. The number of phenols is 2. The van der Waals surface area contributed by atoms with Crippen molar-refractivity contribution in [3.63, 3.8) is 0 Å². The van der Waals surface area contributed by atoms with Gasteiger partial charge in [0.05, 0.1) is 17.1 Å². The number of amides is 2. The van der Waals surface area contributed by atoms with E-state index < -0.39 is 0 Å². The highest BCUT2D eigenvalue weighted by molar-refractivity contribution is 6.02. The summed E-state index contributed by atoms with van der Waals surface area (Å²) in [5.41, 5.74) is 4.71. The maximum Gasteiger partial charge on any atom is 0.323 e. The predicted molar refractivity (Wildman–Crippen MR) is 168 cm³/mol. The quantitative estimate of drug-likeness (QED) is 0.249. The smallest absolute Gasteiger partial charge is 0.323 e. The number of phenolic OH excluding ortho intramolecular Hbond substituents is 2. The molecule has 2 amide bonds.